The Balaban J connectivity index is 0.00000196. The van der Waals surface area contributed by atoms with Crippen molar-refractivity contribution in [3.05, 3.63) is 0 Å². The molecule has 2 N–H and O–H groups in total. The highest BCUT2D eigenvalue weighted by Crippen LogP contribution is 2.07. The van der Waals surface area contributed by atoms with Gasteiger partial charge in [0.2, 0.25) is 5.91 Å². The molecule has 2 atom stereocenters. The van der Waals surface area contributed by atoms with Gasteiger partial charge in [0.05, 0.1) is 6.04 Å². The Bertz CT molecular complexity index is 186. The molecule has 1 aliphatic rings. The zero-order valence-electron chi connectivity index (χ0n) is 9.41. The van der Waals surface area contributed by atoms with Gasteiger partial charge in [-0.15, -0.1) is 12.4 Å². The molecule has 0 aromatic carbocycles. The molecule has 3 nitrogen and oxygen atoms in total. The highest BCUT2D eigenvalue weighted by Gasteiger charge is 2.21. The molecule has 90 valence electrons. The maximum Gasteiger partial charge on any atom is 0.237 e. The van der Waals surface area contributed by atoms with E-state index in [1.54, 1.807) is 11.8 Å². The van der Waals surface area contributed by atoms with Gasteiger partial charge < -0.3 is 10.6 Å². The van der Waals surface area contributed by atoms with E-state index in [2.05, 4.69) is 23.8 Å². The van der Waals surface area contributed by atoms with Crippen LogP contribution in [0, 0.1) is 0 Å². The average Bonchev–Trinajstić information content (AvgIpc) is 2.19. The Morgan fingerprint density at radius 3 is 2.87 bits per heavy atom. The van der Waals surface area contributed by atoms with Gasteiger partial charge in [0.25, 0.3) is 0 Å². The van der Waals surface area contributed by atoms with Crippen LogP contribution in [0.2, 0.25) is 0 Å². The van der Waals surface area contributed by atoms with Gasteiger partial charge in [-0.3, -0.25) is 4.79 Å². The maximum absolute atomic E-state index is 11.7. The fourth-order valence-electron chi connectivity index (χ4n) is 1.71. The molecule has 1 aliphatic heterocycles. The van der Waals surface area contributed by atoms with E-state index < -0.39 is 0 Å². The normalized spacial score (nSPS) is 22.7. The molecule has 0 radical (unpaired) electrons. The van der Waals surface area contributed by atoms with Gasteiger partial charge in [-0.05, 0) is 32.6 Å². The van der Waals surface area contributed by atoms with E-state index in [9.17, 15) is 4.79 Å². The molecular formula is C10H21ClN2OS. The third-order valence-corrected chi connectivity index (χ3v) is 3.27. The Hall–Kier alpha value is 0.0700. The molecule has 2 unspecified atom stereocenters. The van der Waals surface area contributed by atoms with Crippen molar-refractivity contribution < 1.29 is 4.79 Å². The van der Waals surface area contributed by atoms with Gasteiger partial charge in [-0.2, -0.15) is 11.8 Å². The van der Waals surface area contributed by atoms with Crippen molar-refractivity contribution in [2.45, 2.75) is 38.3 Å². The minimum absolute atomic E-state index is 0. The topological polar surface area (TPSA) is 41.1 Å². The number of piperidine rings is 1. The molecule has 1 fully saturated rings. The summed E-state index contributed by atoms with van der Waals surface area (Å²) in [5, 5.41) is 6.28. The molecule has 0 aromatic rings. The lowest BCUT2D eigenvalue weighted by atomic mass is 10.0. The molecular weight excluding hydrogens is 232 g/mol. The van der Waals surface area contributed by atoms with Gasteiger partial charge in [0.1, 0.15) is 0 Å². The summed E-state index contributed by atoms with van der Waals surface area (Å²) in [6.07, 6.45) is 5.41. The molecule has 0 aromatic heterocycles. The number of hydrogen-bond donors (Lipinski definition) is 2. The van der Waals surface area contributed by atoms with Gasteiger partial charge in [-0.25, -0.2) is 0 Å². The summed E-state index contributed by atoms with van der Waals surface area (Å²) < 4.78 is 0. The lowest BCUT2D eigenvalue weighted by molar-refractivity contribution is -0.124. The molecule has 1 rings (SSSR count). The predicted octanol–water partition coefficient (Wildman–Crippen LogP) is 1.42. The molecule has 0 spiro atoms. The van der Waals surface area contributed by atoms with Crippen LogP contribution >= 0.6 is 24.2 Å². The van der Waals surface area contributed by atoms with E-state index in [0.717, 1.165) is 18.7 Å². The zero-order valence-corrected chi connectivity index (χ0v) is 11.0. The summed E-state index contributed by atoms with van der Waals surface area (Å²) >= 11 is 1.76. The van der Waals surface area contributed by atoms with Crippen LogP contribution in [0.25, 0.3) is 0 Å². The van der Waals surface area contributed by atoms with Gasteiger partial charge in [0, 0.05) is 11.8 Å². The predicted molar refractivity (Wildman–Crippen MR) is 68.9 cm³/mol. The second-order valence-electron chi connectivity index (χ2n) is 3.87. The lowest BCUT2D eigenvalue weighted by Gasteiger charge is -2.24. The van der Waals surface area contributed by atoms with Crippen molar-refractivity contribution in [1.82, 2.24) is 10.6 Å². The number of carbonyl (C=O) groups is 1. The summed E-state index contributed by atoms with van der Waals surface area (Å²) in [7, 11) is 0. The Kier molecular flexibility index (Phi) is 8.29. The number of hydrogen-bond acceptors (Lipinski definition) is 3. The fraction of sp³-hybridized carbons (Fsp3) is 0.900. The largest absolute Gasteiger partial charge is 0.351 e. The standard InChI is InChI=1S/C10H20N2OS.ClH/c1-8(7-14-2)12-10(13)9-5-3-4-6-11-9;/h8-9,11H,3-7H2,1-2H3,(H,12,13);1H. The Labute approximate surface area is 103 Å². The highest BCUT2D eigenvalue weighted by atomic mass is 35.5. The van der Waals surface area contributed by atoms with Gasteiger partial charge in [-0.1, -0.05) is 6.42 Å². The first-order chi connectivity index (χ1) is 6.74. The van der Waals surface area contributed by atoms with Crippen LogP contribution in [0.5, 0.6) is 0 Å². The first-order valence-corrected chi connectivity index (χ1v) is 6.66. The van der Waals surface area contributed by atoms with E-state index >= 15 is 0 Å². The fourth-order valence-corrected chi connectivity index (χ4v) is 2.29. The van der Waals surface area contributed by atoms with E-state index in [-0.39, 0.29) is 30.4 Å². The smallest absolute Gasteiger partial charge is 0.237 e. The molecule has 1 saturated heterocycles. The second kappa shape index (κ2) is 8.25. The average molecular weight is 253 g/mol. The Morgan fingerprint density at radius 1 is 1.60 bits per heavy atom. The van der Waals surface area contributed by atoms with Crippen molar-refractivity contribution in [2.75, 3.05) is 18.6 Å². The van der Waals surface area contributed by atoms with Crippen molar-refractivity contribution in [3.8, 4) is 0 Å². The second-order valence-corrected chi connectivity index (χ2v) is 4.78. The monoisotopic (exact) mass is 252 g/mol. The number of halogens is 1. The van der Waals surface area contributed by atoms with Crippen LogP contribution in [0.3, 0.4) is 0 Å². The van der Waals surface area contributed by atoms with E-state index in [1.165, 1.54) is 12.8 Å². The van der Waals surface area contributed by atoms with Gasteiger partial charge in [0.15, 0.2) is 0 Å². The summed E-state index contributed by atoms with van der Waals surface area (Å²) in [5.74, 6) is 1.16. The third-order valence-electron chi connectivity index (χ3n) is 2.43. The minimum atomic E-state index is 0. The summed E-state index contributed by atoms with van der Waals surface area (Å²) in [6.45, 7) is 3.03. The third kappa shape index (κ3) is 5.64. The van der Waals surface area contributed by atoms with Crippen LogP contribution in [-0.2, 0) is 4.79 Å². The van der Waals surface area contributed by atoms with E-state index in [4.69, 9.17) is 0 Å². The van der Waals surface area contributed by atoms with Crippen LogP contribution in [-0.4, -0.2) is 36.5 Å². The summed E-state index contributed by atoms with van der Waals surface area (Å²) in [6, 6.07) is 0.328. The van der Waals surface area contributed by atoms with Crippen LogP contribution in [0.15, 0.2) is 0 Å². The number of nitrogens with one attached hydrogen (secondary N) is 2. The SMILES string of the molecule is CSCC(C)NC(=O)C1CCCCN1.Cl. The zero-order chi connectivity index (χ0) is 10.4. The van der Waals surface area contributed by atoms with Crippen molar-refractivity contribution in [1.29, 1.82) is 0 Å². The molecule has 0 bridgehead atoms. The van der Waals surface area contributed by atoms with Crippen LogP contribution < -0.4 is 10.6 Å². The molecule has 0 saturated carbocycles. The number of carbonyl (C=O) groups excluding carboxylic acids is 1. The number of amides is 1. The maximum atomic E-state index is 11.7. The van der Waals surface area contributed by atoms with Crippen molar-refractivity contribution in [2.24, 2.45) is 0 Å². The van der Waals surface area contributed by atoms with Crippen molar-refractivity contribution >= 4 is 30.1 Å². The quantitative estimate of drug-likeness (QED) is 0.795. The van der Waals surface area contributed by atoms with Crippen LogP contribution in [0.4, 0.5) is 0 Å². The molecule has 1 heterocycles. The molecule has 1 amide bonds. The van der Waals surface area contributed by atoms with E-state index in [0.29, 0.717) is 0 Å². The highest BCUT2D eigenvalue weighted by molar-refractivity contribution is 7.98. The first-order valence-electron chi connectivity index (χ1n) is 5.26. The molecule has 0 aliphatic carbocycles. The lowest BCUT2D eigenvalue weighted by Crippen LogP contribution is -2.49. The van der Waals surface area contributed by atoms with Crippen LogP contribution in [0.1, 0.15) is 26.2 Å². The number of thioether (sulfide) groups is 1. The molecule has 15 heavy (non-hydrogen) atoms. The summed E-state index contributed by atoms with van der Waals surface area (Å²) in [5.41, 5.74) is 0. The van der Waals surface area contributed by atoms with E-state index in [1.807, 2.05) is 0 Å². The molecule has 5 heteroatoms. The minimum Gasteiger partial charge on any atom is -0.351 e. The Morgan fingerprint density at radius 2 is 2.33 bits per heavy atom. The van der Waals surface area contributed by atoms with Crippen molar-refractivity contribution in [3.63, 3.8) is 0 Å². The first kappa shape index (κ1) is 15.1. The number of rotatable bonds is 4. The van der Waals surface area contributed by atoms with Gasteiger partial charge >= 0.3 is 0 Å². The summed E-state index contributed by atoms with van der Waals surface area (Å²) in [4.78, 5) is 11.7.